The predicted octanol–water partition coefficient (Wildman–Crippen LogP) is 2.68. The van der Waals surface area contributed by atoms with Crippen molar-refractivity contribution in [3.63, 3.8) is 0 Å². The topological polar surface area (TPSA) is 92.6 Å². The number of hydrogen-bond donors (Lipinski definition) is 1. The highest BCUT2D eigenvalue weighted by molar-refractivity contribution is 5.97. The first kappa shape index (κ1) is 19.1. The van der Waals surface area contributed by atoms with Gasteiger partial charge in [0.1, 0.15) is 6.04 Å². The molecule has 2 aromatic rings. The van der Waals surface area contributed by atoms with Gasteiger partial charge in [-0.3, -0.25) is 19.7 Å². The summed E-state index contributed by atoms with van der Waals surface area (Å²) in [4.78, 5) is 36.6. The highest BCUT2D eigenvalue weighted by Crippen LogP contribution is 2.14. The number of nitrogens with zero attached hydrogens (tertiary/aromatic N) is 2. The van der Waals surface area contributed by atoms with Gasteiger partial charge in [-0.15, -0.1) is 0 Å². The molecule has 0 saturated heterocycles. The molecule has 2 amide bonds. The van der Waals surface area contributed by atoms with Crippen molar-refractivity contribution < 1.29 is 14.5 Å². The van der Waals surface area contributed by atoms with Crippen molar-refractivity contribution in [3.05, 3.63) is 75.3 Å². The highest BCUT2D eigenvalue weighted by atomic mass is 16.6. The van der Waals surface area contributed by atoms with Gasteiger partial charge in [0.2, 0.25) is 5.91 Å². The van der Waals surface area contributed by atoms with Crippen LogP contribution in [0, 0.1) is 17.0 Å². The zero-order chi connectivity index (χ0) is 19.3. The molecule has 2 aromatic carbocycles. The fraction of sp³-hybridized carbons (Fsp3) is 0.263. The van der Waals surface area contributed by atoms with E-state index in [4.69, 9.17) is 0 Å². The molecule has 0 saturated carbocycles. The Morgan fingerprint density at radius 3 is 2.54 bits per heavy atom. The van der Waals surface area contributed by atoms with Crippen LogP contribution in [0.15, 0.2) is 48.5 Å². The van der Waals surface area contributed by atoms with E-state index >= 15 is 0 Å². The van der Waals surface area contributed by atoms with Gasteiger partial charge in [-0.2, -0.15) is 0 Å². The molecule has 7 nitrogen and oxygen atoms in total. The Labute approximate surface area is 151 Å². The van der Waals surface area contributed by atoms with Crippen molar-refractivity contribution in [1.82, 2.24) is 10.2 Å². The molecular formula is C19H21N3O4. The molecule has 0 radical (unpaired) electrons. The minimum atomic E-state index is -0.754. The second-order valence-corrected chi connectivity index (χ2v) is 6.12. The van der Waals surface area contributed by atoms with Gasteiger partial charge in [-0.25, -0.2) is 0 Å². The third kappa shape index (κ3) is 4.66. The average Bonchev–Trinajstić information content (AvgIpc) is 2.62. The lowest BCUT2D eigenvalue weighted by molar-refractivity contribution is -0.384. The van der Waals surface area contributed by atoms with Crippen LogP contribution < -0.4 is 5.32 Å². The maximum absolute atomic E-state index is 12.5. The molecule has 1 atom stereocenters. The SMILES string of the molecule is Cc1ccccc1CN(C)C(=O)C(C)NC(=O)c1cccc([N+](=O)[O-])c1. The number of carbonyl (C=O) groups excluding carboxylic acids is 2. The normalized spacial score (nSPS) is 11.5. The van der Waals surface area contributed by atoms with Gasteiger partial charge in [0, 0.05) is 31.3 Å². The maximum atomic E-state index is 12.5. The minimum Gasteiger partial charge on any atom is -0.341 e. The van der Waals surface area contributed by atoms with Crippen LogP contribution in [0.5, 0.6) is 0 Å². The number of benzene rings is 2. The van der Waals surface area contributed by atoms with Crippen molar-refractivity contribution in [2.45, 2.75) is 26.4 Å². The van der Waals surface area contributed by atoms with Gasteiger partial charge >= 0.3 is 0 Å². The number of carbonyl (C=O) groups is 2. The zero-order valence-electron chi connectivity index (χ0n) is 14.9. The molecular weight excluding hydrogens is 334 g/mol. The smallest absolute Gasteiger partial charge is 0.270 e. The summed E-state index contributed by atoms with van der Waals surface area (Å²) < 4.78 is 0. The van der Waals surface area contributed by atoms with Gasteiger partial charge in [0.25, 0.3) is 11.6 Å². The number of nitro groups is 1. The second-order valence-electron chi connectivity index (χ2n) is 6.12. The fourth-order valence-electron chi connectivity index (χ4n) is 2.55. The molecule has 0 fully saturated rings. The first-order valence-corrected chi connectivity index (χ1v) is 8.14. The predicted molar refractivity (Wildman–Crippen MR) is 97.7 cm³/mol. The van der Waals surface area contributed by atoms with Gasteiger partial charge < -0.3 is 10.2 Å². The Kier molecular flexibility index (Phi) is 6.06. The van der Waals surface area contributed by atoms with Gasteiger partial charge in [-0.05, 0) is 31.0 Å². The van der Waals surface area contributed by atoms with Crippen LogP contribution in [0.3, 0.4) is 0 Å². The van der Waals surface area contributed by atoms with Crippen molar-refractivity contribution >= 4 is 17.5 Å². The summed E-state index contributed by atoms with van der Waals surface area (Å²) in [5, 5.41) is 13.4. The van der Waals surface area contributed by atoms with Crippen molar-refractivity contribution in [3.8, 4) is 0 Å². The van der Waals surface area contributed by atoms with E-state index in [9.17, 15) is 19.7 Å². The lowest BCUT2D eigenvalue weighted by atomic mass is 10.1. The lowest BCUT2D eigenvalue weighted by Gasteiger charge is -2.23. The van der Waals surface area contributed by atoms with E-state index in [1.54, 1.807) is 18.9 Å². The third-order valence-electron chi connectivity index (χ3n) is 4.08. The molecule has 7 heteroatoms. The summed E-state index contributed by atoms with van der Waals surface area (Å²) in [6.07, 6.45) is 0. The molecule has 136 valence electrons. The highest BCUT2D eigenvalue weighted by Gasteiger charge is 2.21. The van der Waals surface area contributed by atoms with Gasteiger partial charge in [0.05, 0.1) is 4.92 Å². The molecule has 2 rings (SSSR count). The first-order chi connectivity index (χ1) is 12.3. The first-order valence-electron chi connectivity index (χ1n) is 8.14. The number of aryl methyl sites for hydroxylation is 1. The minimum absolute atomic E-state index is 0.139. The molecule has 1 N–H and O–H groups in total. The number of nitrogens with one attached hydrogen (secondary N) is 1. The van der Waals surface area contributed by atoms with E-state index in [0.717, 1.165) is 11.1 Å². The Hall–Kier alpha value is -3.22. The number of hydrogen-bond acceptors (Lipinski definition) is 4. The summed E-state index contributed by atoms with van der Waals surface area (Å²) in [6, 6.07) is 12.4. The van der Waals surface area contributed by atoms with Crippen LogP contribution in [0.1, 0.15) is 28.4 Å². The molecule has 1 unspecified atom stereocenters. The lowest BCUT2D eigenvalue weighted by Crippen LogP contribution is -2.45. The number of non-ortho nitro benzene ring substituents is 1. The molecule has 0 spiro atoms. The number of rotatable bonds is 6. The van der Waals surface area contributed by atoms with Crippen LogP contribution in [-0.2, 0) is 11.3 Å². The number of likely N-dealkylation sites (N-methyl/N-ethyl adjacent to an activating group) is 1. The molecule has 0 aliphatic carbocycles. The molecule has 0 heterocycles. The molecule has 0 aliphatic heterocycles. The van der Waals surface area contributed by atoms with Gasteiger partial charge in [-0.1, -0.05) is 30.3 Å². The standard InChI is InChI=1S/C19H21N3O4/c1-13-7-4-5-8-16(13)12-21(3)19(24)14(2)20-18(23)15-9-6-10-17(11-15)22(25)26/h4-11,14H,12H2,1-3H3,(H,20,23). The summed E-state index contributed by atoms with van der Waals surface area (Å²) in [5.74, 6) is -0.772. The Bertz CT molecular complexity index is 835. The monoisotopic (exact) mass is 355 g/mol. The van der Waals surface area contributed by atoms with Crippen LogP contribution in [0.25, 0.3) is 0 Å². The van der Waals surface area contributed by atoms with Crippen molar-refractivity contribution in [2.75, 3.05) is 7.05 Å². The quantitative estimate of drug-likeness (QED) is 0.637. The molecule has 0 bridgehead atoms. The van der Waals surface area contributed by atoms with E-state index in [1.165, 1.54) is 24.3 Å². The second kappa shape index (κ2) is 8.24. The fourth-order valence-corrected chi connectivity index (χ4v) is 2.55. The van der Waals surface area contributed by atoms with Crippen LogP contribution >= 0.6 is 0 Å². The molecule has 0 aliphatic rings. The summed E-state index contributed by atoms with van der Waals surface area (Å²) in [7, 11) is 1.67. The van der Waals surface area contributed by atoms with E-state index in [2.05, 4.69) is 5.32 Å². The van der Waals surface area contributed by atoms with E-state index in [-0.39, 0.29) is 17.2 Å². The molecule has 26 heavy (non-hydrogen) atoms. The number of nitro benzene ring substituents is 1. The Morgan fingerprint density at radius 1 is 1.19 bits per heavy atom. The summed E-state index contributed by atoms with van der Waals surface area (Å²) in [6.45, 7) is 4.00. The van der Waals surface area contributed by atoms with Gasteiger partial charge in [0.15, 0.2) is 0 Å². The van der Waals surface area contributed by atoms with E-state index in [1.807, 2.05) is 31.2 Å². The van der Waals surface area contributed by atoms with Crippen molar-refractivity contribution in [2.24, 2.45) is 0 Å². The Morgan fingerprint density at radius 2 is 1.88 bits per heavy atom. The maximum Gasteiger partial charge on any atom is 0.270 e. The summed E-state index contributed by atoms with van der Waals surface area (Å²) in [5.41, 5.74) is 2.08. The third-order valence-corrected chi connectivity index (χ3v) is 4.08. The Balaban J connectivity index is 2.02. The van der Waals surface area contributed by atoms with Crippen molar-refractivity contribution in [1.29, 1.82) is 0 Å². The largest absolute Gasteiger partial charge is 0.341 e. The number of amides is 2. The zero-order valence-corrected chi connectivity index (χ0v) is 14.9. The van der Waals surface area contributed by atoms with E-state index in [0.29, 0.717) is 6.54 Å². The van der Waals surface area contributed by atoms with Crippen LogP contribution in [0.2, 0.25) is 0 Å². The molecule has 0 aromatic heterocycles. The van der Waals surface area contributed by atoms with E-state index < -0.39 is 16.9 Å². The average molecular weight is 355 g/mol. The summed E-state index contributed by atoms with van der Waals surface area (Å²) >= 11 is 0. The van der Waals surface area contributed by atoms with Crippen LogP contribution in [0.4, 0.5) is 5.69 Å². The van der Waals surface area contributed by atoms with Crippen LogP contribution in [-0.4, -0.2) is 34.7 Å².